The molecule has 1 aliphatic rings. The van der Waals surface area contributed by atoms with E-state index in [4.69, 9.17) is 5.11 Å². The van der Waals surface area contributed by atoms with E-state index in [1.807, 2.05) is 24.8 Å². The number of urea groups is 1. The average Bonchev–Trinajstić information content (AvgIpc) is 2.56. The molecule has 132 valence electrons. The first-order valence-electron chi connectivity index (χ1n) is 8.47. The molecule has 0 spiro atoms. The Morgan fingerprint density at radius 3 is 2.62 bits per heavy atom. The molecule has 24 heavy (non-hydrogen) atoms. The summed E-state index contributed by atoms with van der Waals surface area (Å²) in [5.41, 5.74) is 1.80. The maximum Gasteiger partial charge on any atom is 0.321 e. The zero-order valence-electron chi connectivity index (χ0n) is 14.4. The van der Waals surface area contributed by atoms with Crippen molar-refractivity contribution in [2.24, 2.45) is 0 Å². The third kappa shape index (κ3) is 5.74. The van der Waals surface area contributed by atoms with Gasteiger partial charge in [-0.1, -0.05) is 19.3 Å². The smallest absolute Gasteiger partial charge is 0.321 e. The van der Waals surface area contributed by atoms with Crippen molar-refractivity contribution in [3.63, 3.8) is 0 Å². The van der Waals surface area contributed by atoms with Crippen molar-refractivity contribution in [3.05, 3.63) is 23.8 Å². The van der Waals surface area contributed by atoms with Gasteiger partial charge in [0.25, 0.3) is 0 Å². The summed E-state index contributed by atoms with van der Waals surface area (Å²) in [6.07, 6.45) is 6.53. The van der Waals surface area contributed by atoms with Gasteiger partial charge in [0.05, 0.1) is 6.42 Å². The first kappa shape index (κ1) is 18.6. The van der Waals surface area contributed by atoms with Gasteiger partial charge < -0.3 is 15.3 Å². The van der Waals surface area contributed by atoms with Crippen LogP contribution in [0.1, 0.15) is 44.1 Å². The monoisotopic (exact) mass is 350 g/mol. The molecular weight excluding hydrogens is 324 g/mol. The number of hydrogen-bond acceptors (Lipinski definition) is 3. The zero-order chi connectivity index (χ0) is 17.5. The second-order valence-corrected chi connectivity index (χ2v) is 7.72. The van der Waals surface area contributed by atoms with Gasteiger partial charge in [-0.15, -0.1) is 11.8 Å². The lowest BCUT2D eigenvalue weighted by molar-refractivity contribution is -0.137. The second-order valence-electron chi connectivity index (χ2n) is 6.35. The fourth-order valence-corrected chi connectivity index (χ4v) is 4.15. The second kappa shape index (κ2) is 8.97. The van der Waals surface area contributed by atoms with E-state index in [2.05, 4.69) is 17.4 Å². The number of thioether (sulfide) groups is 1. The minimum Gasteiger partial charge on any atom is -0.481 e. The van der Waals surface area contributed by atoms with Gasteiger partial charge in [0.15, 0.2) is 0 Å². The molecule has 1 aromatic carbocycles. The van der Waals surface area contributed by atoms with Crippen LogP contribution in [0.5, 0.6) is 0 Å². The molecule has 2 rings (SSSR count). The molecule has 1 aliphatic carbocycles. The van der Waals surface area contributed by atoms with Crippen molar-refractivity contribution in [3.8, 4) is 0 Å². The Hall–Kier alpha value is -1.69. The molecule has 6 heteroatoms. The molecule has 0 aromatic heterocycles. The summed E-state index contributed by atoms with van der Waals surface area (Å²) >= 11 is 1.94. The molecule has 2 amide bonds. The Morgan fingerprint density at radius 1 is 1.29 bits per heavy atom. The minimum absolute atomic E-state index is 0.0557. The molecule has 0 aliphatic heterocycles. The van der Waals surface area contributed by atoms with Crippen molar-refractivity contribution < 1.29 is 14.7 Å². The summed E-state index contributed by atoms with van der Waals surface area (Å²) in [6, 6.07) is 5.82. The van der Waals surface area contributed by atoms with Crippen LogP contribution in [-0.2, 0) is 4.79 Å². The van der Waals surface area contributed by atoms with E-state index in [1.165, 1.54) is 41.9 Å². The van der Waals surface area contributed by atoms with E-state index in [9.17, 15) is 9.59 Å². The Morgan fingerprint density at radius 2 is 2.00 bits per heavy atom. The van der Waals surface area contributed by atoms with E-state index < -0.39 is 5.97 Å². The fourth-order valence-electron chi connectivity index (χ4n) is 2.80. The lowest BCUT2D eigenvalue weighted by atomic mass is 10.0. The molecule has 1 fully saturated rings. The highest BCUT2D eigenvalue weighted by atomic mass is 32.2. The van der Waals surface area contributed by atoms with Crippen molar-refractivity contribution in [2.45, 2.75) is 55.6 Å². The number of amides is 2. The van der Waals surface area contributed by atoms with E-state index in [0.29, 0.717) is 5.25 Å². The first-order chi connectivity index (χ1) is 11.5. The van der Waals surface area contributed by atoms with Crippen molar-refractivity contribution in [2.75, 3.05) is 18.9 Å². The SMILES string of the molecule is Cc1cc(SC2CCCCC2)ccc1NC(=O)N(C)CCC(=O)O. The molecule has 0 unspecified atom stereocenters. The molecular formula is C18H26N2O3S. The van der Waals surface area contributed by atoms with Gasteiger partial charge in [-0.2, -0.15) is 0 Å². The van der Waals surface area contributed by atoms with Crippen LogP contribution in [0, 0.1) is 6.92 Å². The molecule has 1 aromatic rings. The van der Waals surface area contributed by atoms with Gasteiger partial charge in [0, 0.05) is 29.4 Å². The molecule has 0 radical (unpaired) electrons. The third-order valence-electron chi connectivity index (χ3n) is 4.30. The van der Waals surface area contributed by atoms with Gasteiger partial charge in [-0.25, -0.2) is 4.79 Å². The van der Waals surface area contributed by atoms with Crippen LogP contribution in [0.25, 0.3) is 0 Å². The van der Waals surface area contributed by atoms with Crippen molar-refractivity contribution in [1.82, 2.24) is 4.90 Å². The highest BCUT2D eigenvalue weighted by Gasteiger charge is 2.16. The molecule has 2 N–H and O–H groups in total. The Labute approximate surface area is 147 Å². The minimum atomic E-state index is -0.907. The predicted octanol–water partition coefficient (Wildman–Crippen LogP) is 4.36. The maximum atomic E-state index is 12.1. The molecule has 0 heterocycles. The molecule has 0 bridgehead atoms. The summed E-state index contributed by atoms with van der Waals surface area (Å²) in [5, 5.41) is 12.2. The van der Waals surface area contributed by atoms with Gasteiger partial charge >= 0.3 is 12.0 Å². The predicted molar refractivity (Wildman–Crippen MR) is 97.8 cm³/mol. The number of nitrogens with one attached hydrogen (secondary N) is 1. The molecule has 0 atom stereocenters. The number of anilines is 1. The Balaban J connectivity index is 1.91. The number of carboxylic acid groups (broad SMARTS) is 1. The van der Waals surface area contributed by atoms with Gasteiger partial charge in [-0.3, -0.25) is 4.79 Å². The largest absolute Gasteiger partial charge is 0.481 e. The van der Waals surface area contributed by atoms with E-state index in [1.54, 1.807) is 7.05 Å². The number of carbonyl (C=O) groups is 2. The van der Waals surface area contributed by atoms with Crippen LogP contribution in [0.15, 0.2) is 23.1 Å². The van der Waals surface area contributed by atoms with E-state index in [0.717, 1.165) is 11.3 Å². The summed E-state index contributed by atoms with van der Waals surface area (Å²) in [7, 11) is 1.60. The maximum absolute atomic E-state index is 12.1. The third-order valence-corrected chi connectivity index (χ3v) is 5.63. The topological polar surface area (TPSA) is 69.6 Å². The van der Waals surface area contributed by atoms with Crippen LogP contribution in [0.4, 0.5) is 10.5 Å². The lowest BCUT2D eigenvalue weighted by Crippen LogP contribution is -2.33. The fraction of sp³-hybridized carbons (Fsp3) is 0.556. The number of benzene rings is 1. The zero-order valence-corrected chi connectivity index (χ0v) is 15.2. The number of carbonyl (C=O) groups excluding carboxylic acids is 1. The quantitative estimate of drug-likeness (QED) is 0.800. The number of hydrogen-bond donors (Lipinski definition) is 2. The van der Waals surface area contributed by atoms with E-state index in [-0.39, 0.29) is 19.0 Å². The summed E-state index contributed by atoms with van der Waals surface area (Å²) in [4.78, 5) is 25.3. The van der Waals surface area contributed by atoms with Gasteiger partial charge in [0.2, 0.25) is 0 Å². The highest BCUT2D eigenvalue weighted by Crippen LogP contribution is 2.34. The highest BCUT2D eigenvalue weighted by molar-refractivity contribution is 8.00. The number of carboxylic acids is 1. The Bertz CT molecular complexity index is 586. The van der Waals surface area contributed by atoms with Crippen molar-refractivity contribution >= 4 is 29.4 Å². The van der Waals surface area contributed by atoms with E-state index >= 15 is 0 Å². The number of aliphatic carboxylic acids is 1. The number of nitrogens with zero attached hydrogens (tertiary/aromatic N) is 1. The number of aryl methyl sites for hydroxylation is 1. The van der Waals surface area contributed by atoms with Gasteiger partial charge in [0.1, 0.15) is 0 Å². The van der Waals surface area contributed by atoms with Crippen LogP contribution in [-0.4, -0.2) is 40.8 Å². The average molecular weight is 350 g/mol. The molecule has 1 saturated carbocycles. The molecule has 5 nitrogen and oxygen atoms in total. The molecule has 0 saturated heterocycles. The van der Waals surface area contributed by atoms with Crippen molar-refractivity contribution in [1.29, 1.82) is 0 Å². The standard InChI is InChI=1S/C18H26N2O3S/c1-13-12-15(24-14-6-4-3-5-7-14)8-9-16(13)19-18(23)20(2)11-10-17(21)22/h8-9,12,14H,3-7,10-11H2,1-2H3,(H,19,23)(H,21,22). The van der Waals surface area contributed by atoms with Crippen LogP contribution in [0.3, 0.4) is 0 Å². The normalized spacial score (nSPS) is 15.1. The first-order valence-corrected chi connectivity index (χ1v) is 9.35. The van der Waals surface area contributed by atoms with Crippen LogP contribution in [0.2, 0.25) is 0 Å². The van der Waals surface area contributed by atoms with Gasteiger partial charge in [-0.05, 0) is 43.5 Å². The lowest BCUT2D eigenvalue weighted by Gasteiger charge is -2.22. The summed E-state index contributed by atoms with van der Waals surface area (Å²) < 4.78 is 0. The van der Waals surface area contributed by atoms with Crippen LogP contribution < -0.4 is 5.32 Å². The van der Waals surface area contributed by atoms with Crippen LogP contribution >= 0.6 is 11.8 Å². The number of rotatable bonds is 6. The summed E-state index contributed by atoms with van der Waals surface area (Å²) in [6.45, 7) is 2.17. The Kier molecular flexibility index (Phi) is 6.97. The summed E-state index contributed by atoms with van der Waals surface area (Å²) in [5.74, 6) is -0.907.